The van der Waals surface area contributed by atoms with Crippen LogP contribution in [0.3, 0.4) is 0 Å². The molecular formula is C17H20N2O3. The van der Waals surface area contributed by atoms with Gasteiger partial charge >= 0.3 is 0 Å². The van der Waals surface area contributed by atoms with Crippen molar-refractivity contribution in [3.63, 3.8) is 0 Å². The summed E-state index contributed by atoms with van der Waals surface area (Å²) in [5.74, 6) is 1.32. The van der Waals surface area contributed by atoms with Crippen LogP contribution < -0.4 is 4.74 Å². The minimum Gasteiger partial charge on any atom is -0.457 e. The van der Waals surface area contributed by atoms with E-state index in [0.29, 0.717) is 5.75 Å². The Hall–Kier alpha value is -2.40. The van der Waals surface area contributed by atoms with E-state index < -0.39 is 4.92 Å². The molecule has 0 aliphatic carbocycles. The Morgan fingerprint density at radius 2 is 1.55 bits per heavy atom. The van der Waals surface area contributed by atoms with Gasteiger partial charge in [-0.1, -0.05) is 12.1 Å². The maximum atomic E-state index is 10.6. The number of benzene rings is 2. The monoisotopic (exact) mass is 300 g/mol. The average molecular weight is 300 g/mol. The number of ether oxygens (including phenoxy) is 1. The molecule has 0 unspecified atom stereocenters. The van der Waals surface area contributed by atoms with Crippen LogP contribution in [0.5, 0.6) is 11.5 Å². The maximum Gasteiger partial charge on any atom is 0.269 e. The molecule has 5 nitrogen and oxygen atoms in total. The van der Waals surface area contributed by atoms with Crippen LogP contribution in [-0.4, -0.2) is 30.5 Å². The van der Waals surface area contributed by atoms with Gasteiger partial charge in [-0.15, -0.1) is 0 Å². The number of rotatable bonds is 7. The highest BCUT2D eigenvalue weighted by Gasteiger charge is 2.05. The summed E-state index contributed by atoms with van der Waals surface area (Å²) < 4.78 is 5.68. The second kappa shape index (κ2) is 7.56. The number of hydrogen-bond donors (Lipinski definition) is 0. The molecule has 22 heavy (non-hydrogen) atoms. The van der Waals surface area contributed by atoms with Crippen LogP contribution in [0.1, 0.15) is 12.0 Å². The highest BCUT2D eigenvalue weighted by atomic mass is 16.6. The molecule has 0 aliphatic rings. The molecule has 0 atom stereocenters. The Morgan fingerprint density at radius 3 is 2.05 bits per heavy atom. The van der Waals surface area contributed by atoms with Crippen molar-refractivity contribution in [2.45, 2.75) is 12.8 Å². The smallest absolute Gasteiger partial charge is 0.269 e. The van der Waals surface area contributed by atoms with Crippen molar-refractivity contribution in [1.29, 1.82) is 0 Å². The molecule has 0 bridgehead atoms. The molecule has 0 aromatic heterocycles. The zero-order chi connectivity index (χ0) is 15.9. The van der Waals surface area contributed by atoms with Gasteiger partial charge in [-0.05, 0) is 63.3 Å². The maximum absolute atomic E-state index is 10.6. The zero-order valence-corrected chi connectivity index (χ0v) is 12.9. The molecule has 0 spiro atoms. The third kappa shape index (κ3) is 4.86. The molecule has 0 fully saturated rings. The van der Waals surface area contributed by atoms with E-state index in [1.165, 1.54) is 17.7 Å². The third-order valence-corrected chi connectivity index (χ3v) is 3.28. The van der Waals surface area contributed by atoms with Crippen LogP contribution in [0.2, 0.25) is 0 Å². The Kier molecular flexibility index (Phi) is 5.49. The van der Waals surface area contributed by atoms with Gasteiger partial charge in [-0.3, -0.25) is 10.1 Å². The summed E-state index contributed by atoms with van der Waals surface area (Å²) in [4.78, 5) is 12.3. The summed E-state index contributed by atoms with van der Waals surface area (Å²) >= 11 is 0. The fraction of sp³-hybridized carbons (Fsp3) is 0.294. The van der Waals surface area contributed by atoms with Crippen LogP contribution in [0.4, 0.5) is 5.69 Å². The first kappa shape index (κ1) is 16.0. The van der Waals surface area contributed by atoms with Gasteiger partial charge in [0.05, 0.1) is 4.92 Å². The lowest BCUT2D eigenvalue weighted by Crippen LogP contribution is -2.13. The predicted molar refractivity (Wildman–Crippen MR) is 86.5 cm³/mol. The Bertz CT molecular complexity index is 607. The van der Waals surface area contributed by atoms with Crippen molar-refractivity contribution in [2.24, 2.45) is 0 Å². The van der Waals surface area contributed by atoms with Crippen LogP contribution >= 0.6 is 0 Å². The second-order valence-corrected chi connectivity index (χ2v) is 5.40. The van der Waals surface area contributed by atoms with Gasteiger partial charge in [0.2, 0.25) is 0 Å². The number of non-ortho nitro benzene ring substituents is 1. The van der Waals surface area contributed by atoms with Gasteiger partial charge in [0, 0.05) is 12.1 Å². The normalized spacial score (nSPS) is 10.7. The SMILES string of the molecule is CN(C)CCCc1ccc(Oc2ccc([N+](=O)[O-])cc2)cc1. The van der Waals surface area contributed by atoms with Crippen LogP contribution in [0.15, 0.2) is 48.5 Å². The van der Waals surface area contributed by atoms with Crippen molar-refractivity contribution >= 4 is 5.69 Å². The van der Waals surface area contributed by atoms with Gasteiger partial charge in [0.1, 0.15) is 11.5 Å². The Labute approximate surface area is 130 Å². The van der Waals surface area contributed by atoms with Crippen molar-refractivity contribution in [2.75, 3.05) is 20.6 Å². The van der Waals surface area contributed by atoms with Crippen LogP contribution in [0, 0.1) is 10.1 Å². The first-order valence-corrected chi connectivity index (χ1v) is 7.20. The number of nitrogens with zero attached hydrogens (tertiary/aromatic N) is 2. The highest BCUT2D eigenvalue weighted by molar-refractivity contribution is 5.39. The molecule has 0 N–H and O–H groups in total. The van der Waals surface area contributed by atoms with E-state index in [9.17, 15) is 10.1 Å². The third-order valence-electron chi connectivity index (χ3n) is 3.28. The summed E-state index contributed by atoms with van der Waals surface area (Å²) in [6, 6.07) is 14.0. The molecule has 0 radical (unpaired) electrons. The van der Waals surface area contributed by atoms with Crippen molar-refractivity contribution in [1.82, 2.24) is 4.90 Å². The van der Waals surface area contributed by atoms with E-state index in [-0.39, 0.29) is 5.69 Å². The van der Waals surface area contributed by atoms with E-state index in [4.69, 9.17) is 4.74 Å². The standard InChI is InChI=1S/C17H20N2O3/c1-18(2)13-3-4-14-5-9-16(10-6-14)22-17-11-7-15(8-12-17)19(20)21/h5-12H,3-4,13H2,1-2H3. The first-order chi connectivity index (χ1) is 10.5. The summed E-state index contributed by atoms with van der Waals surface area (Å²) in [5, 5.41) is 10.6. The van der Waals surface area contributed by atoms with Gasteiger partial charge in [0.15, 0.2) is 0 Å². The molecule has 116 valence electrons. The molecule has 0 aliphatic heterocycles. The van der Waals surface area contributed by atoms with E-state index in [1.54, 1.807) is 12.1 Å². The van der Waals surface area contributed by atoms with E-state index in [0.717, 1.165) is 25.1 Å². The Balaban J connectivity index is 1.91. The van der Waals surface area contributed by atoms with Gasteiger partial charge in [0.25, 0.3) is 5.69 Å². The van der Waals surface area contributed by atoms with Crippen molar-refractivity contribution in [3.05, 3.63) is 64.2 Å². The number of nitro groups is 1. The van der Waals surface area contributed by atoms with E-state index in [1.807, 2.05) is 12.1 Å². The van der Waals surface area contributed by atoms with Crippen LogP contribution in [-0.2, 0) is 6.42 Å². The van der Waals surface area contributed by atoms with Crippen molar-refractivity contribution in [3.8, 4) is 11.5 Å². The molecule has 2 aromatic carbocycles. The molecule has 0 amide bonds. The second-order valence-electron chi connectivity index (χ2n) is 5.40. The number of aryl methyl sites for hydroxylation is 1. The lowest BCUT2D eigenvalue weighted by molar-refractivity contribution is -0.384. The minimum absolute atomic E-state index is 0.0589. The summed E-state index contributed by atoms with van der Waals surface area (Å²) in [6.45, 7) is 1.07. The molecular weight excluding hydrogens is 280 g/mol. The van der Waals surface area contributed by atoms with Crippen molar-refractivity contribution < 1.29 is 9.66 Å². The first-order valence-electron chi connectivity index (χ1n) is 7.20. The molecule has 0 heterocycles. The quantitative estimate of drug-likeness (QED) is 0.575. The molecule has 2 aromatic rings. The van der Waals surface area contributed by atoms with E-state index >= 15 is 0 Å². The summed E-state index contributed by atoms with van der Waals surface area (Å²) in [5.41, 5.74) is 1.33. The highest BCUT2D eigenvalue weighted by Crippen LogP contribution is 2.24. The number of nitro benzene ring substituents is 1. The van der Waals surface area contributed by atoms with E-state index in [2.05, 4.69) is 31.1 Å². The minimum atomic E-state index is -0.424. The molecule has 5 heteroatoms. The topological polar surface area (TPSA) is 55.6 Å². The molecule has 0 saturated heterocycles. The predicted octanol–water partition coefficient (Wildman–Crippen LogP) is 3.88. The largest absolute Gasteiger partial charge is 0.457 e. The zero-order valence-electron chi connectivity index (χ0n) is 12.9. The van der Waals surface area contributed by atoms with Gasteiger partial charge in [-0.2, -0.15) is 0 Å². The van der Waals surface area contributed by atoms with Gasteiger partial charge in [-0.25, -0.2) is 0 Å². The number of hydrogen-bond acceptors (Lipinski definition) is 4. The van der Waals surface area contributed by atoms with Gasteiger partial charge < -0.3 is 9.64 Å². The Morgan fingerprint density at radius 1 is 1.00 bits per heavy atom. The molecule has 2 rings (SSSR count). The molecule has 0 saturated carbocycles. The fourth-order valence-electron chi connectivity index (χ4n) is 2.10. The average Bonchev–Trinajstić information content (AvgIpc) is 2.49. The summed E-state index contributed by atoms with van der Waals surface area (Å²) in [6.07, 6.45) is 2.16. The lowest BCUT2D eigenvalue weighted by Gasteiger charge is -2.09. The lowest BCUT2D eigenvalue weighted by atomic mass is 10.1. The van der Waals surface area contributed by atoms with Crippen LogP contribution in [0.25, 0.3) is 0 Å². The summed E-state index contributed by atoms with van der Waals surface area (Å²) in [7, 11) is 4.14. The fourth-order valence-corrected chi connectivity index (χ4v) is 2.10.